The molecular weight excluding hydrogens is 310 g/mol. The number of aliphatic hydroxyl groups is 1. The van der Waals surface area contributed by atoms with E-state index in [2.05, 4.69) is 5.32 Å². The Labute approximate surface area is 148 Å². The van der Waals surface area contributed by atoms with Crippen LogP contribution < -0.4 is 5.32 Å². The van der Waals surface area contributed by atoms with Crippen molar-refractivity contribution < 1.29 is 9.90 Å². The SMILES string of the molecule is O=C(NCC[C@@H](O)c1ccccc1)c1ccc(-c2ccccc2)cc1. The molecule has 0 heterocycles. The van der Waals surface area contributed by atoms with E-state index in [0.29, 0.717) is 18.5 Å². The lowest BCUT2D eigenvalue weighted by Gasteiger charge is -2.12. The van der Waals surface area contributed by atoms with E-state index in [1.165, 1.54) is 0 Å². The molecular formula is C22H21NO2. The van der Waals surface area contributed by atoms with Gasteiger partial charge in [0.1, 0.15) is 0 Å². The lowest BCUT2D eigenvalue weighted by molar-refractivity contribution is 0.0942. The first-order chi connectivity index (χ1) is 12.2. The van der Waals surface area contributed by atoms with Crippen LogP contribution in [-0.2, 0) is 0 Å². The molecule has 0 spiro atoms. The van der Waals surface area contributed by atoms with Crippen LogP contribution in [0.3, 0.4) is 0 Å². The highest BCUT2D eigenvalue weighted by molar-refractivity contribution is 5.94. The van der Waals surface area contributed by atoms with Gasteiger partial charge in [-0.1, -0.05) is 72.8 Å². The van der Waals surface area contributed by atoms with Gasteiger partial charge in [0.25, 0.3) is 5.91 Å². The highest BCUT2D eigenvalue weighted by Crippen LogP contribution is 2.19. The Kier molecular flexibility index (Phi) is 5.60. The van der Waals surface area contributed by atoms with Crippen molar-refractivity contribution in [2.24, 2.45) is 0 Å². The second-order valence-corrected chi connectivity index (χ2v) is 5.91. The van der Waals surface area contributed by atoms with Crippen LogP contribution in [0.1, 0.15) is 28.4 Å². The molecule has 126 valence electrons. The average molecular weight is 331 g/mol. The fraction of sp³-hybridized carbons (Fsp3) is 0.136. The summed E-state index contributed by atoms with van der Waals surface area (Å²) in [5, 5.41) is 13.0. The smallest absolute Gasteiger partial charge is 0.251 e. The van der Waals surface area contributed by atoms with Crippen LogP contribution in [0.15, 0.2) is 84.9 Å². The Morgan fingerprint density at radius 2 is 1.36 bits per heavy atom. The maximum Gasteiger partial charge on any atom is 0.251 e. The van der Waals surface area contributed by atoms with Crippen molar-refractivity contribution in [3.05, 3.63) is 96.1 Å². The van der Waals surface area contributed by atoms with Gasteiger partial charge in [-0.3, -0.25) is 4.79 Å². The van der Waals surface area contributed by atoms with Gasteiger partial charge in [-0.15, -0.1) is 0 Å². The number of aliphatic hydroxyl groups excluding tert-OH is 1. The van der Waals surface area contributed by atoms with Crippen LogP contribution >= 0.6 is 0 Å². The maximum absolute atomic E-state index is 12.2. The summed E-state index contributed by atoms with van der Waals surface area (Å²) in [5.41, 5.74) is 3.69. The van der Waals surface area contributed by atoms with E-state index in [1.54, 1.807) is 0 Å². The van der Waals surface area contributed by atoms with Crippen LogP contribution in [0.25, 0.3) is 11.1 Å². The molecule has 3 nitrogen and oxygen atoms in total. The van der Waals surface area contributed by atoms with Crippen molar-refractivity contribution in [3.63, 3.8) is 0 Å². The number of carbonyl (C=O) groups excluding carboxylic acids is 1. The molecule has 0 aromatic heterocycles. The third-order valence-electron chi connectivity index (χ3n) is 4.14. The van der Waals surface area contributed by atoms with E-state index in [-0.39, 0.29) is 5.91 Å². The van der Waals surface area contributed by atoms with Gasteiger partial charge in [0, 0.05) is 12.1 Å². The first-order valence-corrected chi connectivity index (χ1v) is 8.41. The average Bonchev–Trinajstić information content (AvgIpc) is 2.69. The normalized spacial score (nSPS) is 11.7. The second-order valence-electron chi connectivity index (χ2n) is 5.91. The number of rotatable bonds is 6. The van der Waals surface area contributed by atoms with Crippen LogP contribution in [0.2, 0.25) is 0 Å². The fourth-order valence-corrected chi connectivity index (χ4v) is 2.71. The molecule has 1 amide bonds. The Hall–Kier alpha value is -2.91. The van der Waals surface area contributed by atoms with Crippen LogP contribution in [0.5, 0.6) is 0 Å². The van der Waals surface area contributed by atoms with Crippen molar-refractivity contribution in [3.8, 4) is 11.1 Å². The molecule has 0 aliphatic rings. The zero-order chi connectivity index (χ0) is 17.5. The van der Waals surface area contributed by atoms with Gasteiger partial charge >= 0.3 is 0 Å². The first-order valence-electron chi connectivity index (χ1n) is 8.41. The maximum atomic E-state index is 12.2. The summed E-state index contributed by atoms with van der Waals surface area (Å²) in [5.74, 6) is -0.125. The second kappa shape index (κ2) is 8.27. The van der Waals surface area contributed by atoms with Crippen LogP contribution in [0, 0.1) is 0 Å². The number of amides is 1. The van der Waals surface area contributed by atoms with Gasteiger partial charge in [0.2, 0.25) is 0 Å². The minimum atomic E-state index is -0.568. The third kappa shape index (κ3) is 4.55. The predicted octanol–water partition coefficient (Wildman–Crippen LogP) is 4.21. The van der Waals surface area contributed by atoms with Gasteiger partial charge in [-0.05, 0) is 35.2 Å². The molecule has 3 aromatic rings. The Morgan fingerprint density at radius 1 is 0.800 bits per heavy atom. The summed E-state index contributed by atoms with van der Waals surface area (Å²) in [4.78, 5) is 12.2. The van der Waals surface area contributed by atoms with E-state index in [0.717, 1.165) is 16.7 Å². The summed E-state index contributed by atoms with van der Waals surface area (Å²) in [6, 6.07) is 27.1. The summed E-state index contributed by atoms with van der Waals surface area (Å²) < 4.78 is 0. The lowest BCUT2D eigenvalue weighted by Crippen LogP contribution is -2.25. The minimum Gasteiger partial charge on any atom is -0.388 e. The molecule has 2 N–H and O–H groups in total. The zero-order valence-electron chi connectivity index (χ0n) is 13.9. The molecule has 3 heteroatoms. The van der Waals surface area contributed by atoms with E-state index in [4.69, 9.17) is 0 Å². The summed E-state index contributed by atoms with van der Waals surface area (Å²) >= 11 is 0. The number of carbonyl (C=O) groups is 1. The topological polar surface area (TPSA) is 49.3 Å². The quantitative estimate of drug-likeness (QED) is 0.711. The molecule has 3 rings (SSSR count). The minimum absolute atomic E-state index is 0.125. The van der Waals surface area contributed by atoms with Crippen molar-refractivity contribution in [2.45, 2.75) is 12.5 Å². The van der Waals surface area contributed by atoms with E-state index < -0.39 is 6.10 Å². The van der Waals surface area contributed by atoms with E-state index in [9.17, 15) is 9.90 Å². The molecule has 0 aliphatic heterocycles. The summed E-state index contributed by atoms with van der Waals surface area (Å²) in [7, 11) is 0. The molecule has 25 heavy (non-hydrogen) atoms. The van der Waals surface area contributed by atoms with E-state index in [1.807, 2.05) is 84.9 Å². The number of hydrogen-bond donors (Lipinski definition) is 2. The molecule has 0 aliphatic carbocycles. The van der Waals surface area contributed by atoms with Crippen molar-refractivity contribution >= 4 is 5.91 Å². The number of hydrogen-bond acceptors (Lipinski definition) is 2. The van der Waals surface area contributed by atoms with Crippen molar-refractivity contribution in [2.75, 3.05) is 6.54 Å². The monoisotopic (exact) mass is 331 g/mol. The van der Waals surface area contributed by atoms with Gasteiger partial charge in [0.15, 0.2) is 0 Å². The largest absolute Gasteiger partial charge is 0.388 e. The lowest BCUT2D eigenvalue weighted by atomic mass is 10.0. The third-order valence-corrected chi connectivity index (χ3v) is 4.14. The Bertz CT molecular complexity index is 798. The van der Waals surface area contributed by atoms with Crippen molar-refractivity contribution in [1.29, 1.82) is 0 Å². The molecule has 0 saturated carbocycles. The molecule has 0 fully saturated rings. The molecule has 0 unspecified atom stereocenters. The summed E-state index contributed by atoms with van der Waals surface area (Å²) in [6.45, 7) is 0.426. The van der Waals surface area contributed by atoms with Crippen LogP contribution in [0.4, 0.5) is 0 Å². The van der Waals surface area contributed by atoms with Gasteiger partial charge in [-0.2, -0.15) is 0 Å². The Balaban J connectivity index is 1.53. The summed E-state index contributed by atoms with van der Waals surface area (Å²) in [6.07, 6.45) is -0.0837. The van der Waals surface area contributed by atoms with E-state index >= 15 is 0 Å². The number of nitrogens with one attached hydrogen (secondary N) is 1. The molecule has 0 radical (unpaired) electrons. The highest BCUT2D eigenvalue weighted by atomic mass is 16.3. The zero-order valence-corrected chi connectivity index (χ0v) is 13.9. The molecule has 1 atom stereocenters. The predicted molar refractivity (Wildman–Crippen MR) is 100 cm³/mol. The molecule has 0 saturated heterocycles. The Morgan fingerprint density at radius 3 is 2.00 bits per heavy atom. The molecule has 0 bridgehead atoms. The van der Waals surface area contributed by atoms with Gasteiger partial charge in [-0.25, -0.2) is 0 Å². The number of benzene rings is 3. The van der Waals surface area contributed by atoms with Crippen molar-refractivity contribution in [1.82, 2.24) is 5.32 Å². The highest BCUT2D eigenvalue weighted by Gasteiger charge is 2.09. The standard InChI is InChI=1S/C22H21NO2/c24-21(19-9-5-2-6-10-19)15-16-23-22(25)20-13-11-18(12-14-20)17-7-3-1-4-8-17/h1-14,21,24H,15-16H2,(H,23,25)/t21-/m1/s1. The van der Waals surface area contributed by atoms with Crippen LogP contribution in [-0.4, -0.2) is 17.6 Å². The fourth-order valence-electron chi connectivity index (χ4n) is 2.71. The molecule has 3 aromatic carbocycles. The van der Waals surface area contributed by atoms with Gasteiger partial charge < -0.3 is 10.4 Å². The first kappa shape index (κ1) is 16.9. The van der Waals surface area contributed by atoms with Gasteiger partial charge in [0.05, 0.1) is 6.10 Å².